The second kappa shape index (κ2) is 8.12. The monoisotopic (exact) mass is 322 g/mol. The Morgan fingerprint density at radius 1 is 1.36 bits per heavy atom. The Hall–Kier alpha value is -1.63. The lowest BCUT2D eigenvalue weighted by atomic mass is 10.1. The minimum absolute atomic E-state index is 0.0178. The SMILES string of the molecule is COc1cc(C(C)NCc2nc(C)cs2)ccc1OCCO. The van der Waals surface area contributed by atoms with Crippen LogP contribution in [0, 0.1) is 6.92 Å². The summed E-state index contributed by atoms with van der Waals surface area (Å²) in [6.45, 7) is 5.08. The Morgan fingerprint density at radius 3 is 2.82 bits per heavy atom. The molecular formula is C16H22N2O3S. The molecule has 0 saturated heterocycles. The van der Waals surface area contributed by atoms with Crippen molar-refractivity contribution in [3.05, 3.63) is 39.8 Å². The van der Waals surface area contributed by atoms with Gasteiger partial charge in [-0.15, -0.1) is 11.3 Å². The lowest BCUT2D eigenvalue weighted by molar-refractivity contribution is 0.196. The van der Waals surface area contributed by atoms with E-state index in [2.05, 4.69) is 22.6 Å². The molecule has 22 heavy (non-hydrogen) atoms. The van der Waals surface area contributed by atoms with Crippen molar-refractivity contribution in [2.24, 2.45) is 0 Å². The third-order valence-electron chi connectivity index (χ3n) is 3.26. The lowest BCUT2D eigenvalue weighted by Crippen LogP contribution is -2.18. The van der Waals surface area contributed by atoms with Crippen LogP contribution in [-0.2, 0) is 6.54 Å². The van der Waals surface area contributed by atoms with Gasteiger partial charge < -0.3 is 19.9 Å². The summed E-state index contributed by atoms with van der Waals surface area (Å²) in [6, 6.07) is 6.00. The molecule has 5 nitrogen and oxygen atoms in total. The first-order chi connectivity index (χ1) is 10.6. The van der Waals surface area contributed by atoms with Crippen molar-refractivity contribution in [1.82, 2.24) is 10.3 Å². The minimum Gasteiger partial charge on any atom is -0.493 e. The summed E-state index contributed by atoms with van der Waals surface area (Å²) in [5, 5.41) is 15.4. The van der Waals surface area contributed by atoms with Crippen LogP contribution in [0.3, 0.4) is 0 Å². The number of aliphatic hydroxyl groups is 1. The van der Waals surface area contributed by atoms with E-state index in [-0.39, 0.29) is 19.3 Å². The number of nitrogens with one attached hydrogen (secondary N) is 1. The third kappa shape index (κ3) is 4.43. The van der Waals surface area contributed by atoms with E-state index in [4.69, 9.17) is 14.6 Å². The number of nitrogens with zero attached hydrogens (tertiary/aromatic N) is 1. The van der Waals surface area contributed by atoms with Gasteiger partial charge in [0.2, 0.25) is 0 Å². The van der Waals surface area contributed by atoms with Gasteiger partial charge in [-0.2, -0.15) is 0 Å². The summed E-state index contributed by atoms with van der Waals surface area (Å²) in [7, 11) is 1.61. The average Bonchev–Trinajstić information content (AvgIpc) is 2.95. The summed E-state index contributed by atoms with van der Waals surface area (Å²) < 4.78 is 10.8. The van der Waals surface area contributed by atoms with Gasteiger partial charge in [0.1, 0.15) is 11.6 Å². The second-order valence-electron chi connectivity index (χ2n) is 4.97. The molecule has 0 aliphatic carbocycles. The van der Waals surface area contributed by atoms with Gasteiger partial charge in [-0.05, 0) is 31.5 Å². The first-order valence-corrected chi connectivity index (χ1v) is 8.08. The number of thiazole rings is 1. The van der Waals surface area contributed by atoms with Crippen molar-refractivity contribution < 1.29 is 14.6 Å². The molecular weight excluding hydrogens is 300 g/mol. The first-order valence-electron chi connectivity index (χ1n) is 7.20. The molecule has 6 heteroatoms. The Morgan fingerprint density at radius 2 is 2.18 bits per heavy atom. The highest BCUT2D eigenvalue weighted by Gasteiger charge is 2.11. The summed E-state index contributed by atoms with van der Waals surface area (Å²) in [4.78, 5) is 4.45. The maximum absolute atomic E-state index is 8.83. The van der Waals surface area contributed by atoms with E-state index in [1.165, 1.54) is 0 Å². The molecule has 0 radical (unpaired) electrons. The van der Waals surface area contributed by atoms with Crippen molar-refractivity contribution >= 4 is 11.3 Å². The van der Waals surface area contributed by atoms with E-state index >= 15 is 0 Å². The van der Waals surface area contributed by atoms with Crippen molar-refractivity contribution in [2.75, 3.05) is 20.3 Å². The number of hydrogen-bond acceptors (Lipinski definition) is 6. The van der Waals surface area contributed by atoms with Crippen LogP contribution < -0.4 is 14.8 Å². The normalized spacial score (nSPS) is 12.2. The van der Waals surface area contributed by atoms with Crippen LogP contribution >= 0.6 is 11.3 Å². The van der Waals surface area contributed by atoms with Crippen molar-refractivity contribution in [3.8, 4) is 11.5 Å². The number of aliphatic hydroxyl groups excluding tert-OH is 1. The first kappa shape index (κ1) is 16.7. The number of rotatable bonds is 8. The van der Waals surface area contributed by atoms with E-state index in [1.54, 1.807) is 18.4 Å². The highest BCUT2D eigenvalue weighted by molar-refractivity contribution is 7.09. The Labute approximate surface area is 134 Å². The van der Waals surface area contributed by atoms with Crippen LogP contribution in [0.15, 0.2) is 23.6 Å². The molecule has 2 N–H and O–H groups in total. The van der Waals surface area contributed by atoms with Crippen molar-refractivity contribution in [1.29, 1.82) is 0 Å². The zero-order valence-electron chi connectivity index (χ0n) is 13.1. The number of ether oxygens (including phenoxy) is 2. The lowest BCUT2D eigenvalue weighted by Gasteiger charge is -2.16. The molecule has 0 amide bonds. The summed E-state index contributed by atoms with van der Waals surface area (Å²) in [5.74, 6) is 1.31. The van der Waals surface area contributed by atoms with Crippen LogP contribution in [0.4, 0.5) is 0 Å². The highest BCUT2D eigenvalue weighted by atomic mass is 32.1. The fraction of sp³-hybridized carbons (Fsp3) is 0.438. The van der Waals surface area contributed by atoms with Crippen LogP contribution in [0.2, 0.25) is 0 Å². The molecule has 0 aliphatic heterocycles. The molecule has 120 valence electrons. The fourth-order valence-corrected chi connectivity index (χ4v) is 2.79. The standard InChI is InChI=1S/C16H22N2O3S/c1-11-10-22-16(18-11)9-17-12(2)13-4-5-14(21-7-6-19)15(8-13)20-3/h4-5,8,10,12,17,19H,6-7,9H2,1-3H3. The molecule has 0 spiro atoms. The van der Waals surface area contributed by atoms with Crippen LogP contribution in [-0.4, -0.2) is 30.4 Å². The second-order valence-corrected chi connectivity index (χ2v) is 5.91. The van der Waals surface area contributed by atoms with Gasteiger partial charge in [0.25, 0.3) is 0 Å². The largest absolute Gasteiger partial charge is 0.493 e. The van der Waals surface area contributed by atoms with Crippen molar-refractivity contribution in [2.45, 2.75) is 26.4 Å². The van der Waals surface area contributed by atoms with E-state index in [0.29, 0.717) is 11.5 Å². The molecule has 1 aromatic carbocycles. The van der Waals surface area contributed by atoms with Gasteiger partial charge in [-0.1, -0.05) is 6.07 Å². The van der Waals surface area contributed by atoms with Gasteiger partial charge in [0.05, 0.1) is 13.7 Å². The zero-order valence-corrected chi connectivity index (χ0v) is 13.9. The Bertz CT molecular complexity index is 601. The maximum atomic E-state index is 8.83. The maximum Gasteiger partial charge on any atom is 0.161 e. The highest BCUT2D eigenvalue weighted by Crippen LogP contribution is 2.30. The minimum atomic E-state index is -0.0178. The molecule has 0 fully saturated rings. The van der Waals surface area contributed by atoms with Gasteiger partial charge >= 0.3 is 0 Å². The number of aryl methyl sites for hydroxylation is 1. The third-order valence-corrected chi connectivity index (χ3v) is 4.23. The number of hydrogen-bond donors (Lipinski definition) is 2. The molecule has 1 atom stereocenters. The number of aromatic nitrogens is 1. The molecule has 0 bridgehead atoms. The Kier molecular flexibility index (Phi) is 6.18. The van der Waals surface area contributed by atoms with Gasteiger partial charge in [-0.3, -0.25) is 0 Å². The molecule has 2 rings (SSSR count). The summed E-state index contributed by atoms with van der Waals surface area (Å²) in [5.41, 5.74) is 2.17. The molecule has 2 aromatic rings. The predicted octanol–water partition coefficient (Wildman–Crippen LogP) is 2.68. The van der Waals surface area contributed by atoms with Gasteiger partial charge in [-0.25, -0.2) is 4.98 Å². The number of methoxy groups -OCH3 is 1. The van der Waals surface area contributed by atoms with Crippen LogP contribution in [0.5, 0.6) is 11.5 Å². The fourth-order valence-electron chi connectivity index (χ4n) is 2.07. The smallest absolute Gasteiger partial charge is 0.161 e. The van der Waals surface area contributed by atoms with Gasteiger partial charge in [0.15, 0.2) is 11.5 Å². The summed E-state index contributed by atoms with van der Waals surface area (Å²) >= 11 is 1.66. The molecule has 1 unspecified atom stereocenters. The zero-order chi connectivity index (χ0) is 15.9. The predicted molar refractivity (Wildman–Crippen MR) is 87.7 cm³/mol. The van der Waals surface area contributed by atoms with Crippen LogP contribution in [0.1, 0.15) is 29.2 Å². The van der Waals surface area contributed by atoms with Crippen molar-refractivity contribution in [3.63, 3.8) is 0 Å². The average molecular weight is 322 g/mol. The molecule has 0 saturated carbocycles. The molecule has 1 aromatic heterocycles. The van der Waals surface area contributed by atoms with E-state index < -0.39 is 0 Å². The quantitative estimate of drug-likeness (QED) is 0.782. The molecule has 1 heterocycles. The van der Waals surface area contributed by atoms with Crippen LogP contribution in [0.25, 0.3) is 0 Å². The van der Waals surface area contributed by atoms with E-state index in [0.717, 1.165) is 22.8 Å². The topological polar surface area (TPSA) is 63.6 Å². The molecule has 0 aliphatic rings. The summed E-state index contributed by atoms with van der Waals surface area (Å²) in [6.07, 6.45) is 0. The van der Waals surface area contributed by atoms with E-state index in [9.17, 15) is 0 Å². The van der Waals surface area contributed by atoms with Gasteiger partial charge in [0, 0.05) is 23.7 Å². The van der Waals surface area contributed by atoms with E-state index in [1.807, 2.05) is 25.1 Å². The Balaban J connectivity index is 2.01. The number of benzene rings is 1.